The summed E-state index contributed by atoms with van der Waals surface area (Å²) < 4.78 is 0. The number of aliphatic hydroxyl groups is 3. The number of rotatable bonds is 5. The van der Waals surface area contributed by atoms with E-state index in [4.69, 9.17) is 0 Å². The third kappa shape index (κ3) is 2.98. The van der Waals surface area contributed by atoms with Gasteiger partial charge in [-0.3, -0.25) is 0 Å². The SMILES string of the molecule is CC(c1ccccc1)C(c1ccccc1)(c1ccccc1)C(O)(O)O. The quantitative estimate of drug-likeness (QED) is 0.627. The molecule has 128 valence electrons. The summed E-state index contributed by atoms with van der Waals surface area (Å²) >= 11 is 0. The Bertz CT molecular complexity index is 753. The summed E-state index contributed by atoms with van der Waals surface area (Å²) in [6, 6.07) is 27.9. The molecule has 0 aliphatic heterocycles. The van der Waals surface area contributed by atoms with Crippen LogP contribution in [0.5, 0.6) is 0 Å². The molecule has 3 heteroatoms. The van der Waals surface area contributed by atoms with Crippen LogP contribution in [-0.4, -0.2) is 21.3 Å². The Hall–Kier alpha value is -2.46. The predicted octanol–water partition coefficient (Wildman–Crippen LogP) is 3.41. The molecule has 0 saturated carbocycles. The maximum atomic E-state index is 10.6. The largest absolute Gasteiger partial charge is 0.343 e. The number of hydrogen-bond acceptors (Lipinski definition) is 3. The maximum Gasteiger partial charge on any atom is 0.290 e. The van der Waals surface area contributed by atoms with Crippen LogP contribution in [0.1, 0.15) is 29.5 Å². The molecule has 1 atom stereocenters. The van der Waals surface area contributed by atoms with Gasteiger partial charge in [-0.2, -0.15) is 0 Å². The first kappa shape index (κ1) is 17.4. The zero-order chi connectivity index (χ0) is 17.9. The Kier molecular flexibility index (Phi) is 4.73. The molecule has 3 aromatic rings. The predicted molar refractivity (Wildman–Crippen MR) is 97.9 cm³/mol. The molecule has 3 N–H and O–H groups in total. The second-order valence-electron chi connectivity index (χ2n) is 6.31. The fraction of sp³-hybridized carbons (Fsp3) is 0.182. The van der Waals surface area contributed by atoms with Gasteiger partial charge in [0.05, 0.1) is 0 Å². The van der Waals surface area contributed by atoms with E-state index in [1.807, 2.05) is 97.9 Å². The lowest BCUT2D eigenvalue weighted by Gasteiger charge is -2.45. The molecule has 0 aliphatic carbocycles. The van der Waals surface area contributed by atoms with Crippen molar-refractivity contribution in [1.82, 2.24) is 0 Å². The lowest BCUT2D eigenvalue weighted by Crippen LogP contribution is -2.55. The summed E-state index contributed by atoms with van der Waals surface area (Å²) in [6.45, 7) is 1.90. The second kappa shape index (κ2) is 6.81. The lowest BCUT2D eigenvalue weighted by atomic mass is 9.62. The van der Waals surface area contributed by atoms with Crippen molar-refractivity contribution in [3.8, 4) is 0 Å². The van der Waals surface area contributed by atoms with Crippen LogP contribution in [0.4, 0.5) is 0 Å². The van der Waals surface area contributed by atoms with E-state index in [1.54, 1.807) is 0 Å². The van der Waals surface area contributed by atoms with Gasteiger partial charge in [-0.1, -0.05) is 97.9 Å². The summed E-state index contributed by atoms with van der Waals surface area (Å²) in [4.78, 5) is 0. The van der Waals surface area contributed by atoms with Gasteiger partial charge >= 0.3 is 0 Å². The van der Waals surface area contributed by atoms with Crippen LogP contribution < -0.4 is 0 Å². The summed E-state index contributed by atoms with van der Waals surface area (Å²) in [7, 11) is 0. The van der Waals surface area contributed by atoms with E-state index < -0.39 is 17.3 Å². The van der Waals surface area contributed by atoms with E-state index in [-0.39, 0.29) is 0 Å². The molecular formula is C22H22O3. The maximum absolute atomic E-state index is 10.6. The molecule has 0 bridgehead atoms. The summed E-state index contributed by atoms with van der Waals surface area (Å²) in [6.07, 6.45) is 0. The lowest BCUT2D eigenvalue weighted by molar-refractivity contribution is -0.347. The molecule has 0 heterocycles. The van der Waals surface area contributed by atoms with Gasteiger partial charge < -0.3 is 15.3 Å². The third-order valence-corrected chi connectivity index (χ3v) is 4.94. The molecule has 0 aromatic heterocycles. The monoisotopic (exact) mass is 334 g/mol. The minimum atomic E-state index is -2.95. The molecule has 0 amide bonds. The van der Waals surface area contributed by atoms with Crippen LogP contribution in [0.2, 0.25) is 0 Å². The van der Waals surface area contributed by atoms with E-state index in [0.717, 1.165) is 5.56 Å². The van der Waals surface area contributed by atoms with Crippen LogP contribution >= 0.6 is 0 Å². The minimum Gasteiger partial charge on any atom is -0.343 e. The van der Waals surface area contributed by atoms with Crippen molar-refractivity contribution in [3.63, 3.8) is 0 Å². The van der Waals surface area contributed by atoms with Crippen LogP contribution in [0.3, 0.4) is 0 Å². The molecule has 0 spiro atoms. The van der Waals surface area contributed by atoms with Crippen molar-refractivity contribution in [3.05, 3.63) is 108 Å². The van der Waals surface area contributed by atoms with Crippen molar-refractivity contribution < 1.29 is 15.3 Å². The molecule has 3 aromatic carbocycles. The highest BCUT2D eigenvalue weighted by molar-refractivity contribution is 5.46. The van der Waals surface area contributed by atoms with Gasteiger partial charge in [-0.05, 0) is 16.7 Å². The molecule has 0 radical (unpaired) electrons. The Labute approximate surface area is 147 Å². The van der Waals surface area contributed by atoms with Crippen molar-refractivity contribution in [2.24, 2.45) is 0 Å². The topological polar surface area (TPSA) is 60.7 Å². The van der Waals surface area contributed by atoms with Crippen molar-refractivity contribution in [2.75, 3.05) is 0 Å². The van der Waals surface area contributed by atoms with E-state index in [1.165, 1.54) is 0 Å². The first-order chi connectivity index (χ1) is 12.0. The summed E-state index contributed by atoms with van der Waals surface area (Å²) in [5.74, 6) is -3.36. The highest BCUT2D eigenvalue weighted by atomic mass is 16.7. The molecule has 0 saturated heterocycles. The first-order valence-electron chi connectivity index (χ1n) is 8.31. The molecular weight excluding hydrogens is 312 g/mol. The third-order valence-electron chi connectivity index (χ3n) is 4.94. The van der Waals surface area contributed by atoms with Gasteiger partial charge in [0.1, 0.15) is 5.41 Å². The molecule has 0 fully saturated rings. The average molecular weight is 334 g/mol. The second-order valence-corrected chi connectivity index (χ2v) is 6.31. The van der Waals surface area contributed by atoms with Crippen LogP contribution in [0, 0.1) is 0 Å². The highest BCUT2D eigenvalue weighted by Crippen LogP contribution is 2.49. The fourth-order valence-electron chi connectivity index (χ4n) is 3.74. The average Bonchev–Trinajstić information content (AvgIpc) is 2.63. The van der Waals surface area contributed by atoms with Crippen LogP contribution in [-0.2, 0) is 5.41 Å². The van der Waals surface area contributed by atoms with E-state index in [9.17, 15) is 15.3 Å². The fourth-order valence-corrected chi connectivity index (χ4v) is 3.74. The van der Waals surface area contributed by atoms with Gasteiger partial charge in [0.25, 0.3) is 5.97 Å². The van der Waals surface area contributed by atoms with Gasteiger partial charge in [-0.15, -0.1) is 0 Å². The molecule has 1 unspecified atom stereocenters. The molecule has 3 nitrogen and oxygen atoms in total. The highest BCUT2D eigenvalue weighted by Gasteiger charge is 2.55. The van der Waals surface area contributed by atoms with E-state index in [2.05, 4.69) is 0 Å². The summed E-state index contributed by atoms with van der Waals surface area (Å²) in [5.41, 5.74) is 0.712. The Morgan fingerprint density at radius 3 is 1.32 bits per heavy atom. The van der Waals surface area contributed by atoms with Gasteiger partial charge in [0.2, 0.25) is 0 Å². The van der Waals surface area contributed by atoms with Gasteiger partial charge in [0.15, 0.2) is 0 Å². The zero-order valence-corrected chi connectivity index (χ0v) is 14.1. The van der Waals surface area contributed by atoms with Crippen molar-refractivity contribution >= 4 is 0 Å². The number of benzene rings is 3. The molecule has 3 rings (SSSR count). The molecule has 0 aliphatic rings. The Morgan fingerprint density at radius 1 is 0.600 bits per heavy atom. The number of hydrogen-bond donors (Lipinski definition) is 3. The Balaban J connectivity index is 2.34. The molecule has 25 heavy (non-hydrogen) atoms. The minimum absolute atomic E-state index is 0.404. The first-order valence-corrected chi connectivity index (χ1v) is 8.31. The van der Waals surface area contributed by atoms with Crippen molar-refractivity contribution in [1.29, 1.82) is 0 Å². The standard InChI is InChI=1S/C22H22O3/c1-17(18-11-5-2-6-12-18)21(22(23,24)25,19-13-7-3-8-14-19)20-15-9-4-10-16-20/h2-17,23-25H,1H3. The summed E-state index contributed by atoms with van der Waals surface area (Å²) in [5, 5.41) is 31.7. The smallest absolute Gasteiger partial charge is 0.290 e. The Morgan fingerprint density at radius 2 is 0.960 bits per heavy atom. The van der Waals surface area contributed by atoms with E-state index >= 15 is 0 Å². The van der Waals surface area contributed by atoms with Crippen LogP contribution in [0.15, 0.2) is 91.0 Å². The van der Waals surface area contributed by atoms with Gasteiger partial charge in [0, 0.05) is 5.92 Å². The van der Waals surface area contributed by atoms with Crippen LogP contribution in [0.25, 0.3) is 0 Å². The van der Waals surface area contributed by atoms with Crippen molar-refractivity contribution in [2.45, 2.75) is 24.2 Å². The van der Waals surface area contributed by atoms with Gasteiger partial charge in [-0.25, -0.2) is 0 Å². The zero-order valence-electron chi connectivity index (χ0n) is 14.1. The van der Waals surface area contributed by atoms with E-state index in [0.29, 0.717) is 11.1 Å². The normalized spacial score (nSPS) is 13.4.